The molecule has 2 amide bonds. The Morgan fingerprint density at radius 2 is 2.00 bits per heavy atom. The van der Waals surface area contributed by atoms with Gasteiger partial charge in [-0.3, -0.25) is 9.59 Å². The molecule has 6 nitrogen and oxygen atoms in total. The van der Waals surface area contributed by atoms with E-state index in [1.165, 1.54) is 12.8 Å². The van der Waals surface area contributed by atoms with E-state index in [1.807, 2.05) is 38.1 Å². The van der Waals surface area contributed by atoms with Crippen molar-refractivity contribution in [1.82, 2.24) is 15.4 Å². The van der Waals surface area contributed by atoms with Gasteiger partial charge in [0.05, 0.1) is 6.54 Å². The van der Waals surface area contributed by atoms with Crippen LogP contribution in [-0.4, -0.2) is 35.0 Å². The van der Waals surface area contributed by atoms with Crippen molar-refractivity contribution in [3.8, 4) is 0 Å². The molecule has 1 aromatic heterocycles. The fourth-order valence-corrected chi connectivity index (χ4v) is 2.73. The topological polar surface area (TPSA) is 75.4 Å². The van der Waals surface area contributed by atoms with Crippen LogP contribution in [0.2, 0.25) is 0 Å². The van der Waals surface area contributed by atoms with Gasteiger partial charge in [-0.05, 0) is 44.2 Å². The zero-order valence-corrected chi connectivity index (χ0v) is 15.3. The Morgan fingerprint density at radius 3 is 2.65 bits per heavy atom. The van der Waals surface area contributed by atoms with E-state index in [9.17, 15) is 9.59 Å². The first-order valence-corrected chi connectivity index (χ1v) is 9.16. The summed E-state index contributed by atoms with van der Waals surface area (Å²) in [5.41, 5.74) is 2.02. The van der Waals surface area contributed by atoms with Gasteiger partial charge < -0.3 is 14.7 Å². The van der Waals surface area contributed by atoms with Crippen LogP contribution in [0.25, 0.3) is 0 Å². The van der Waals surface area contributed by atoms with Gasteiger partial charge in [0.15, 0.2) is 11.5 Å². The van der Waals surface area contributed by atoms with Crippen LogP contribution < -0.4 is 5.32 Å². The van der Waals surface area contributed by atoms with Gasteiger partial charge in [-0.2, -0.15) is 0 Å². The van der Waals surface area contributed by atoms with E-state index in [2.05, 4.69) is 10.5 Å². The highest BCUT2D eigenvalue weighted by atomic mass is 16.5. The summed E-state index contributed by atoms with van der Waals surface area (Å²) in [5.74, 6) is 0.842. The number of carbonyl (C=O) groups excluding carboxylic acids is 2. The zero-order valence-electron chi connectivity index (χ0n) is 15.3. The second kappa shape index (κ2) is 8.17. The van der Waals surface area contributed by atoms with E-state index in [1.54, 1.807) is 11.0 Å². The first-order valence-electron chi connectivity index (χ1n) is 9.16. The van der Waals surface area contributed by atoms with E-state index in [0.717, 1.165) is 12.0 Å². The third-order valence-electron chi connectivity index (χ3n) is 4.47. The molecule has 138 valence electrons. The fourth-order valence-electron chi connectivity index (χ4n) is 2.73. The van der Waals surface area contributed by atoms with Crippen molar-refractivity contribution >= 4 is 11.8 Å². The second-order valence-electron chi connectivity index (χ2n) is 6.92. The van der Waals surface area contributed by atoms with E-state index in [0.29, 0.717) is 36.9 Å². The third kappa shape index (κ3) is 4.71. The number of rotatable bonds is 8. The van der Waals surface area contributed by atoms with Crippen LogP contribution in [0.15, 0.2) is 34.9 Å². The van der Waals surface area contributed by atoms with Crippen molar-refractivity contribution in [2.24, 2.45) is 5.92 Å². The lowest BCUT2D eigenvalue weighted by Crippen LogP contribution is -2.31. The van der Waals surface area contributed by atoms with Gasteiger partial charge in [0.2, 0.25) is 0 Å². The minimum atomic E-state index is -0.223. The van der Waals surface area contributed by atoms with Crippen LogP contribution in [-0.2, 0) is 6.54 Å². The smallest absolute Gasteiger partial charge is 0.273 e. The summed E-state index contributed by atoms with van der Waals surface area (Å²) in [4.78, 5) is 26.6. The number of aromatic nitrogens is 1. The fraction of sp³-hybridized carbons (Fsp3) is 0.450. The van der Waals surface area contributed by atoms with E-state index in [-0.39, 0.29) is 17.5 Å². The maximum Gasteiger partial charge on any atom is 0.273 e. The molecule has 0 radical (unpaired) electrons. The SMILES string of the molecule is CCCN(Cc1cc(C(=O)NCC2CC2)no1)C(=O)c1ccc(C)cc1. The molecule has 0 spiro atoms. The monoisotopic (exact) mass is 355 g/mol. The van der Waals surface area contributed by atoms with Crippen LogP contribution in [0.3, 0.4) is 0 Å². The summed E-state index contributed by atoms with van der Waals surface area (Å²) >= 11 is 0. The molecule has 0 bridgehead atoms. The number of nitrogens with zero attached hydrogens (tertiary/aromatic N) is 2. The molecule has 1 heterocycles. The van der Waals surface area contributed by atoms with Gasteiger partial charge in [0, 0.05) is 24.7 Å². The molecule has 1 fully saturated rings. The van der Waals surface area contributed by atoms with Crippen molar-refractivity contribution in [1.29, 1.82) is 0 Å². The number of hydrogen-bond acceptors (Lipinski definition) is 4. The molecule has 3 rings (SSSR count). The van der Waals surface area contributed by atoms with E-state index >= 15 is 0 Å². The summed E-state index contributed by atoms with van der Waals surface area (Å²) in [6, 6.07) is 9.13. The molecule has 26 heavy (non-hydrogen) atoms. The minimum absolute atomic E-state index is 0.0528. The second-order valence-corrected chi connectivity index (χ2v) is 6.92. The Kier molecular flexibility index (Phi) is 5.71. The van der Waals surface area contributed by atoms with Crippen LogP contribution in [0.1, 0.15) is 58.4 Å². The highest BCUT2D eigenvalue weighted by Crippen LogP contribution is 2.27. The van der Waals surface area contributed by atoms with E-state index < -0.39 is 0 Å². The van der Waals surface area contributed by atoms with Crippen LogP contribution in [0.5, 0.6) is 0 Å². The Labute approximate surface area is 153 Å². The maximum absolute atomic E-state index is 12.8. The molecule has 1 N–H and O–H groups in total. The predicted molar refractivity (Wildman–Crippen MR) is 97.8 cm³/mol. The van der Waals surface area contributed by atoms with Gasteiger partial charge in [0.25, 0.3) is 11.8 Å². The Morgan fingerprint density at radius 1 is 1.27 bits per heavy atom. The van der Waals surface area contributed by atoms with Gasteiger partial charge in [-0.15, -0.1) is 0 Å². The molecular formula is C20H25N3O3. The molecule has 1 aliphatic carbocycles. The summed E-state index contributed by atoms with van der Waals surface area (Å²) in [6.07, 6.45) is 3.19. The molecule has 0 unspecified atom stereocenters. The summed E-state index contributed by atoms with van der Waals surface area (Å²) < 4.78 is 5.29. The third-order valence-corrected chi connectivity index (χ3v) is 4.47. The van der Waals surface area contributed by atoms with Crippen molar-refractivity contribution in [2.75, 3.05) is 13.1 Å². The van der Waals surface area contributed by atoms with Gasteiger partial charge in [-0.25, -0.2) is 0 Å². The molecule has 1 aliphatic rings. The van der Waals surface area contributed by atoms with Crippen molar-refractivity contribution in [2.45, 2.75) is 39.7 Å². The Bertz CT molecular complexity index is 763. The van der Waals surface area contributed by atoms with Gasteiger partial charge >= 0.3 is 0 Å². The molecule has 0 atom stereocenters. The van der Waals surface area contributed by atoms with Crippen molar-refractivity contribution < 1.29 is 14.1 Å². The quantitative estimate of drug-likeness (QED) is 0.789. The van der Waals surface area contributed by atoms with Gasteiger partial charge in [-0.1, -0.05) is 29.8 Å². The lowest BCUT2D eigenvalue weighted by atomic mass is 10.1. The maximum atomic E-state index is 12.8. The van der Waals surface area contributed by atoms with E-state index in [4.69, 9.17) is 4.52 Å². The largest absolute Gasteiger partial charge is 0.359 e. The van der Waals surface area contributed by atoms with Crippen molar-refractivity contribution in [3.63, 3.8) is 0 Å². The molecule has 1 saturated carbocycles. The summed E-state index contributed by atoms with van der Waals surface area (Å²) in [5, 5.41) is 6.71. The molecule has 6 heteroatoms. The lowest BCUT2D eigenvalue weighted by molar-refractivity contribution is 0.0727. The molecule has 1 aromatic carbocycles. The average molecular weight is 355 g/mol. The molecule has 0 aliphatic heterocycles. The highest BCUT2D eigenvalue weighted by molar-refractivity contribution is 5.94. The normalized spacial score (nSPS) is 13.5. The Hall–Kier alpha value is -2.63. The van der Waals surface area contributed by atoms with Gasteiger partial charge in [0.1, 0.15) is 0 Å². The number of hydrogen-bond donors (Lipinski definition) is 1. The lowest BCUT2D eigenvalue weighted by Gasteiger charge is -2.20. The number of benzene rings is 1. The predicted octanol–water partition coefficient (Wildman–Crippen LogP) is 3.18. The van der Waals surface area contributed by atoms with Crippen LogP contribution in [0.4, 0.5) is 0 Å². The number of nitrogens with one attached hydrogen (secondary N) is 1. The van der Waals surface area contributed by atoms with Crippen LogP contribution in [0, 0.1) is 12.8 Å². The Balaban J connectivity index is 1.64. The first-order chi connectivity index (χ1) is 12.6. The minimum Gasteiger partial charge on any atom is -0.359 e. The average Bonchev–Trinajstić information content (AvgIpc) is 3.36. The molecule has 0 saturated heterocycles. The number of amides is 2. The molecule has 2 aromatic rings. The number of carbonyl (C=O) groups is 2. The zero-order chi connectivity index (χ0) is 18.5. The standard InChI is InChI=1S/C20H25N3O3/c1-3-10-23(20(25)16-8-4-14(2)5-9-16)13-17-11-18(22-26-17)19(24)21-12-15-6-7-15/h4-5,8-9,11,15H,3,6-7,10,12-13H2,1-2H3,(H,21,24). The summed E-state index contributed by atoms with van der Waals surface area (Å²) in [6.45, 7) is 5.60. The highest BCUT2D eigenvalue weighted by Gasteiger charge is 2.23. The molecular weight excluding hydrogens is 330 g/mol. The van der Waals surface area contributed by atoms with Crippen LogP contribution >= 0.6 is 0 Å². The van der Waals surface area contributed by atoms with Crippen molar-refractivity contribution in [3.05, 3.63) is 52.9 Å². The summed E-state index contributed by atoms with van der Waals surface area (Å²) in [7, 11) is 0. The number of aryl methyl sites for hydroxylation is 1. The first kappa shape index (κ1) is 18.2.